The fourth-order valence-corrected chi connectivity index (χ4v) is 2.30. The van der Waals surface area contributed by atoms with Crippen LogP contribution in [0.4, 0.5) is 5.82 Å². The minimum atomic E-state index is -0.814. The summed E-state index contributed by atoms with van der Waals surface area (Å²) in [5, 5.41) is 0. The minimum absolute atomic E-state index is 0.109. The largest absolute Gasteiger partial charge is 0.457 e. The van der Waals surface area contributed by atoms with Crippen molar-refractivity contribution in [1.82, 2.24) is 9.13 Å². The van der Waals surface area contributed by atoms with Crippen molar-refractivity contribution in [2.45, 2.75) is 12.8 Å². The van der Waals surface area contributed by atoms with Crippen LogP contribution >= 0.6 is 0 Å². The number of ether oxygens (including phenoxy) is 1. The summed E-state index contributed by atoms with van der Waals surface area (Å²) < 4.78 is 6.69. The summed E-state index contributed by atoms with van der Waals surface area (Å²) in [5.41, 5.74) is 4.84. The molecule has 0 aliphatic carbocycles. The number of nitrogen functional groups attached to an aromatic ring is 1. The van der Waals surface area contributed by atoms with E-state index in [0.717, 1.165) is 14.7 Å². The Labute approximate surface area is 143 Å². The molecule has 0 atom stereocenters. The first-order valence-corrected chi connectivity index (χ1v) is 7.61. The van der Waals surface area contributed by atoms with E-state index in [1.165, 1.54) is 14.1 Å². The Morgan fingerprint density at radius 2 is 1.72 bits per heavy atom. The third kappa shape index (κ3) is 4.03. The summed E-state index contributed by atoms with van der Waals surface area (Å²) >= 11 is 0. The number of anilines is 1. The van der Waals surface area contributed by atoms with Crippen LogP contribution in [0, 0.1) is 0 Å². The summed E-state index contributed by atoms with van der Waals surface area (Å²) in [6.45, 7) is -0.606. The van der Waals surface area contributed by atoms with E-state index >= 15 is 0 Å². The highest BCUT2D eigenvalue weighted by atomic mass is 16.5. The van der Waals surface area contributed by atoms with Crippen LogP contribution in [0.3, 0.4) is 0 Å². The average molecular weight is 345 g/mol. The summed E-state index contributed by atoms with van der Waals surface area (Å²) in [5.74, 6) is -1.56. The van der Waals surface area contributed by atoms with Crippen LogP contribution in [-0.2, 0) is 30.0 Å². The number of rotatable bonds is 6. The van der Waals surface area contributed by atoms with E-state index in [1.54, 1.807) is 0 Å². The van der Waals surface area contributed by atoms with Gasteiger partial charge in [-0.2, -0.15) is 0 Å². The molecule has 0 radical (unpaired) electrons. The Hall–Kier alpha value is -3.16. The standard InChI is InChI=1S/C17H19N3O5/c1-19-15(18)14(16(23)20(2)17(19)24)12(21)10-25-13(22)9-8-11-6-4-3-5-7-11/h3-7H,8-10,18H2,1-2H3. The number of aryl methyl sites for hydroxylation is 1. The predicted molar refractivity (Wildman–Crippen MR) is 91.4 cm³/mol. The zero-order valence-electron chi connectivity index (χ0n) is 14.0. The van der Waals surface area contributed by atoms with Crippen molar-refractivity contribution in [2.75, 3.05) is 12.3 Å². The number of benzene rings is 1. The van der Waals surface area contributed by atoms with Gasteiger partial charge in [0.2, 0.25) is 5.78 Å². The van der Waals surface area contributed by atoms with Gasteiger partial charge in [0.15, 0.2) is 6.61 Å². The van der Waals surface area contributed by atoms with Crippen LogP contribution in [0.15, 0.2) is 39.9 Å². The van der Waals surface area contributed by atoms with Crippen LogP contribution in [0.5, 0.6) is 0 Å². The lowest BCUT2D eigenvalue weighted by molar-refractivity contribution is -0.142. The quantitative estimate of drug-likeness (QED) is 0.583. The molecule has 0 fully saturated rings. The fourth-order valence-electron chi connectivity index (χ4n) is 2.30. The Balaban J connectivity index is 2.02. The van der Waals surface area contributed by atoms with Gasteiger partial charge in [0.1, 0.15) is 11.4 Å². The highest BCUT2D eigenvalue weighted by Gasteiger charge is 2.21. The monoisotopic (exact) mass is 345 g/mol. The molecule has 1 aromatic heterocycles. The van der Waals surface area contributed by atoms with Crippen molar-refractivity contribution >= 4 is 17.6 Å². The number of aromatic nitrogens is 2. The molecule has 25 heavy (non-hydrogen) atoms. The van der Waals surface area contributed by atoms with Crippen molar-refractivity contribution in [3.63, 3.8) is 0 Å². The van der Waals surface area contributed by atoms with E-state index in [9.17, 15) is 19.2 Å². The second-order valence-electron chi connectivity index (χ2n) is 5.54. The number of carbonyl (C=O) groups is 2. The minimum Gasteiger partial charge on any atom is -0.457 e. The molecule has 2 N–H and O–H groups in total. The normalized spacial score (nSPS) is 10.5. The summed E-state index contributed by atoms with van der Waals surface area (Å²) in [6.07, 6.45) is 0.593. The number of esters is 1. The summed E-state index contributed by atoms with van der Waals surface area (Å²) in [4.78, 5) is 47.7. The Morgan fingerprint density at radius 1 is 1.08 bits per heavy atom. The summed E-state index contributed by atoms with van der Waals surface area (Å²) in [6, 6.07) is 9.37. The molecule has 0 aliphatic heterocycles. The molecule has 132 valence electrons. The number of carbonyl (C=O) groups excluding carboxylic acids is 2. The van der Waals surface area contributed by atoms with Gasteiger partial charge >= 0.3 is 11.7 Å². The number of hydrogen-bond acceptors (Lipinski definition) is 6. The average Bonchev–Trinajstić information content (AvgIpc) is 2.62. The predicted octanol–water partition coefficient (Wildman–Crippen LogP) is 0.0249. The van der Waals surface area contributed by atoms with Crippen LogP contribution in [0.2, 0.25) is 0 Å². The van der Waals surface area contributed by atoms with Crippen molar-refractivity contribution in [3.05, 3.63) is 62.3 Å². The smallest absolute Gasteiger partial charge is 0.332 e. The second kappa shape index (κ2) is 7.61. The lowest BCUT2D eigenvalue weighted by Crippen LogP contribution is -2.42. The maximum atomic E-state index is 12.2. The lowest BCUT2D eigenvalue weighted by atomic mass is 10.1. The Kier molecular flexibility index (Phi) is 5.53. The maximum absolute atomic E-state index is 12.2. The number of ketones is 1. The fraction of sp³-hybridized carbons (Fsp3) is 0.294. The first-order chi connectivity index (χ1) is 11.8. The molecule has 1 aromatic carbocycles. The van der Waals surface area contributed by atoms with E-state index in [-0.39, 0.29) is 17.8 Å². The van der Waals surface area contributed by atoms with Gasteiger partial charge in [0.25, 0.3) is 5.56 Å². The third-order valence-electron chi connectivity index (χ3n) is 3.81. The van der Waals surface area contributed by atoms with E-state index < -0.39 is 29.6 Å². The first-order valence-electron chi connectivity index (χ1n) is 7.61. The molecule has 2 aromatic rings. The molecule has 0 unspecified atom stereocenters. The summed E-state index contributed by atoms with van der Waals surface area (Å²) in [7, 11) is 2.59. The van der Waals surface area contributed by atoms with Gasteiger partial charge in [-0.15, -0.1) is 0 Å². The Morgan fingerprint density at radius 3 is 2.36 bits per heavy atom. The number of Topliss-reactive ketones (excluding diaryl/α,β-unsaturated/α-hetero) is 1. The third-order valence-corrected chi connectivity index (χ3v) is 3.81. The van der Waals surface area contributed by atoms with Gasteiger partial charge in [-0.05, 0) is 12.0 Å². The zero-order chi connectivity index (χ0) is 18.6. The molecule has 0 saturated heterocycles. The molecule has 0 amide bonds. The molecular weight excluding hydrogens is 326 g/mol. The van der Waals surface area contributed by atoms with Crippen molar-refractivity contribution in [1.29, 1.82) is 0 Å². The molecule has 1 heterocycles. The van der Waals surface area contributed by atoms with Gasteiger partial charge in [-0.1, -0.05) is 30.3 Å². The first kappa shape index (κ1) is 18.2. The van der Waals surface area contributed by atoms with Crippen LogP contribution < -0.4 is 17.0 Å². The molecule has 0 bridgehead atoms. The van der Waals surface area contributed by atoms with Crippen LogP contribution in [0.1, 0.15) is 22.3 Å². The molecule has 2 rings (SSSR count). The van der Waals surface area contributed by atoms with E-state index in [2.05, 4.69) is 0 Å². The zero-order valence-corrected chi connectivity index (χ0v) is 14.0. The van der Waals surface area contributed by atoms with Crippen LogP contribution in [-0.4, -0.2) is 27.5 Å². The van der Waals surface area contributed by atoms with E-state index in [4.69, 9.17) is 10.5 Å². The highest BCUT2D eigenvalue weighted by molar-refractivity contribution is 6.01. The molecule has 8 nitrogen and oxygen atoms in total. The number of nitrogens with two attached hydrogens (primary N) is 1. The van der Waals surface area contributed by atoms with Gasteiger partial charge in [-0.25, -0.2) is 4.79 Å². The molecule has 0 spiro atoms. The van der Waals surface area contributed by atoms with Crippen molar-refractivity contribution < 1.29 is 14.3 Å². The molecule has 0 aliphatic rings. The van der Waals surface area contributed by atoms with Crippen LogP contribution in [0.25, 0.3) is 0 Å². The molecular formula is C17H19N3O5. The molecule has 0 saturated carbocycles. The second-order valence-corrected chi connectivity index (χ2v) is 5.54. The van der Waals surface area contributed by atoms with Crippen molar-refractivity contribution in [3.8, 4) is 0 Å². The number of hydrogen-bond donors (Lipinski definition) is 1. The SMILES string of the molecule is Cn1c(N)c(C(=O)COC(=O)CCc2ccccc2)c(=O)n(C)c1=O. The topological polar surface area (TPSA) is 113 Å². The highest BCUT2D eigenvalue weighted by Crippen LogP contribution is 2.06. The van der Waals surface area contributed by atoms with Gasteiger partial charge < -0.3 is 10.5 Å². The maximum Gasteiger partial charge on any atom is 0.332 e. The van der Waals surface area contributed by atoms with Gasteiger partial charge in [0.05, 0.1) is 0 Å². The van der Waals surface area contributed by atoms with Gasteiger partial charge in [-0.3, -0.25) is 23.5 Å². The Bertz CT molecular complexity index is 912. The van der Waals surface area contributed by atoms with E-state index in [0.29, 0.717) is 6.42 Å². The number of nitrogens with zero attached hydrogens (tertiary/aromatic N) is 2. The van der Waals surface area contributed by atoms with E-state index in [1.807, 2.05) is 30.3 Å². The molecule has 8 heteroatoms. The lowest BCUT2D eigenvalue weighted by Gasteiger charge is -2.11. The van der Waals surface area contributed by atoms with Gasteiger partial charge in [0, 0.05) is 20.5 Å². The van der Waals surface area contributed by atoms with Crippen molar-refractivity contribution in [2.24, 2.45) is 14.1 Å².